The SMILES string of the molecule is CCC(=O)NCCN(C(C)c1ccccc1)S(C)(=O)=O. The predicted octanol–water partition coefficient (Wildman–Crippen LogP) is 1.54. The average molecular weight is 298 g/mol. The van der Waals surface area contributed by atoms with Crippen molar-refractivity contribution in [3.8, 4) is 0 Å². The highest BCUT2D eigenvalue weighted by Gasteiger charge is 2.24. The second-order valence-corrected chi connectivity index (χ2v) is 6.60. The van der Waals surface area contributed by atoms with Gasteiger partial charge in [0.25, 0.3) is 0 Å². The quantitative estimate of drug-likeness (QED) is 0.830. The number of hydrogen-bond acceptors (Lipinski definition) is 3. The van der Waals surface area contributed by atoms with Crippen LogP contribution in [0.3, 0.4) is 0 Å². The summed E-state index contributed by atoms with van der Waals surface area (Å²) < 4.78 is 25.2. The lowest BCUT2D eigenvalue weighted by Gasteiger charge is -2.27. The Morgan fingerprint density at radius 3 is 2.40 bits per heavy atom. The first kappa shape index (κ1) is 16.7. The van der Waals surface area contributed by atoms with Crippen molar-refractivity contribution in [1.82, 2.24) is 9.62 Å². The molecule has 1 N–H and O–H groups in total. The number of rotatable bonds is 7. The van der Waals surface area contributed by atoms with Gasteiger partial charge in [-0.25, -0.2) is 8.42 Å². The van der Waals surface area contributed by atoms with Gasteiger partial charge in [-0.15, -0.1) is 0 Å². The summed E-state index contributed by atoms with van der Waals surface area (Å²) in [6.07, 6.45) is 1.58. The van der Waals surface area contributed by atoms with Crippen LogP contribution in [0, 0.1) is 0 Å². The minimum atomic E-state index is -3.33. The van der Waals surface area contributed by atoms with Crippen LogP contribution in [0.4, 0.5) is 0 Å². The lowest BCUT2D eigenvalue weighted by Crippen LogP contribution is -2.39. The van der Waals surface area contributed by atoms with Gasteiger partial charge in [0, 0.05) is 25.6 Å². The molecule has 1 unspecified atom stereocenters. The van der Waals surface area contributed by atoms with Crippen molar-refractivity contribution in [2.75, 3.05) is 19.3 Å². The summed E-state index contributed by atoms with van der Waals surface area (Å²) in [5, 5.41) is 2.70. The summed E-state index contributed by atoms with van der Waals surface area (Å²) in [5.41, 5.74) is 0.930. The van der Waals surface area contributed by atoms with Gasteiger partial charge in [0.1, 0.15) is 0 Å². The normalized spacial score (nSPS) is 13.2. The Morgan fingerprint density at radius 2 is 1.90 bits per heavy atom. The molecule has 0 heterocycles. The van der Waals surface area contributed by atoms with Crippen LogP contribution in [0.1, 0.15) is 31.9 Å². The smallest absolute Gasteiger partial charge is 0.219 e. The van der Waals surface area contributed by atoms with E-state index >= 15 is 0 Å². The maximum Gasteiger partial charge on any atom is 0.219 e. The third kappa shape index (κ3) is 4.94. The fourth-order valence-corrected chi connectivity index (χ4v) is 3.09. The van der Waals surface area contributed by atoms with Crippen LogP contribution in [0.25, 0.3) is 0 Å². The molecule has 0 saturated heterocycles. The third-order valence-electron chi connectivity index (χ3n) is 3.12. The predicted molar refractivity (Wildman–Crippen MR) is 79.7 cm³/mol. The zero-order valence-corrected chi connectivity index (χ0v) is 13.0. The Hall–Kier alpha value is -1.40. The lowest BCUT2D eigenvalue weighted by atomic mass is 10.1. The molecule has 0 radical (unpaired) electrons. The first-order valence-electron chi connectivity index (χ1n) is 6.64. The van der Waals surface area contributed by atoms with Crippen LogP contribution in [-0.4, -0.2) is 38.0 Å². The highest BCUT2D eigenvalue weighted by atomic mass is 32.2. The van der Waals surface area contributed by atoms with E-state index in [0.29, 0.717) is 13.0 Å². The van der Waals surface area contributed by atoms with Crippen LogP contribution in [-0.2, 0) is 14.8 Å². The zero-order valence-electron chi connectivity index (χ0n) is 12.2. The molecule has 1 aromatic carbocycles. The Morgan fingerprint density at radius 1 is 1.30 bits per heavy atom. The van der Waals surface area contributed by atoms with Crippen molar-refractivity contribution in [3.63, 3.8) is 0 Å². The second-order valence-electron chi connectivity index (χ2n) is 4.66. The second kappa shape index (κ2) is 7.40. The molecule has 1 atom stereocenters. The summed E-state index contributed by atoms with van der Waals surface area (Å²) >= 11 is 0. The Labute approximate surface area is 121 Å². The van der Waals surface area contributed by atoms with Crippen LogP contribution < -0.4 is 5.32 Å². The molecule has 0 aliphatic rings. The number of carbonyl (C=O) groups excluding carboxylic acids is 1. The molecule has 0 aliphatic heterocycles. The zero-order chi connectivity index (χ0) is 15.2. The van der Waals surface area contributed by atoms with Crippen LogP contribution >= 0.6 is 0 Å². The van der Waals surface area contributed by atoms with Gasteiger partial charge in [-0.3, -0.25) is 4.79 Å². The van der Waals surface area contributed by atoms with E-state index < -0.39 is 10.0 Å². The number of carbonyl (C=O) groups is 1. The molecule has 5 nitrogen and oxygen atoms in total. The summed E-state index contributed by atoms with van der Waals surface area (Å²) in [5.74, 6) is -0.0779. The number of nitrogens with zero attached hydrogens (tertiary/aromatic N) is 1. The Kier molecular flexibility index (Phi) is 6.16. The highest BCUT2D eigenvalue weighted by molar-refractivity contribution is 7.88. The standard InChI is InChI=1S/C14H22N2O3S/c1-4-14(17)15-10-11-16(20(3,18)19)12(2)13-8-6-5-7-9-13/h5-9,12H,4,10-11H2,1-3H3,(H,15,17). The van der Waals surface area contributed by atoms with E-state index in [1.807, 2.05) is 37.3 Å². The molecule has 1 rings (SSSR count). The van der Waals surface area contributed by atoms with Gasteiger partial charge < -0.3 is 5.32 Å². The molecule has 112 valence electrons. The van der Waals surface area contributed by atoms with Crippen molar-refractivity contribution in [2.45, 2.75) is 26.3 Å². The van der Waals surface area contributed by atoms with Crippen molar-refractivity contribution in [3.05, 3.63) is 35.9 Å². The fraction of sp³-hybridized carbons (Fsp3) is 0.500. The molecule has 0 bridgehead atoms. The minimum Gasteiger partial charge on any atom is -0.355 e. The van der Waals surface area contributed by atoms with E-state index in [9.17, 15) is 13.2 Å². The van der Waals surface area contributed by atoms with Gasteiger partial charge in [0.15, 0.2) is 0 Å². The van der Waals surface area contributed by atoms with E-state index in [1.54, 1.807) is 6.92 Å². The molecular weight excluding hydrogens is 276 g/mol. The Bertz CT molecular complexity index is 529. The third-order valence-corrected chi connectivity index (χ3v) is 4.47. The van der Waals surface area contributed by atoms with Crippen LogP contribution in [0.15, 0.2) is 30.3 Å². The fourth-order valence-electron chi connectivity index (χ4n) is 1.98. The molecule has 0 spiro atoms. The average Bonchev–Trinajstić information content (AvgIpc) is 2.42. The van der Waals surface area contributed by atoms with Crippen LogP contribution in [0.2, 0.25) is 0 Å². The summed E-state index contributed by atoms with van der Waals surface area (Å²) in [6, 6.07) is 9.18. The number of nitrogens with one attached hydrogen (secondary N) is 1. The van der Waals surface area contributed by atoms with E-state index in [4.69, 9.17) is 0 Å². The highest BCUT2D eigenvalue weighted by Crippen LogP contribution is 2.21. The molecular formula is C14H22N2O3S. The van der Waals surface area contributed by atoms with Gasteiger partial charge in [-0.05, 0) is 12.5 Å². The van der Waals surface area contributed by atoms with Crippen molar-refractivity contribution >= 4 is 15.9 Å². The first-order valence-corrected chi connectivity index (χ1v) is 8.49. The molecule has 0 saturated carbocycles. The molecule has 0 fully saturated rings. The van der Waals surface area contributed by atoms with E-state index in [0.717, 1.165) is 5.56 Å². The summed E-state index contributed by atoms with van der Waals surface area (Å²) in [4.78, 5) is 11.2. The molecule has 1 aromatic rings. The number of sulfonamides is 1. The van der Waals surface area contributed by atoms with Gasteiger partial charge in [-0.1, -0.05) is 37.3 Å². The largest absolute Gasteiger partial charge is 0.355 e. The van der Waals surface area contributed by atoms with Crippen LogP contribution in [0.5, 0.6) is 0 Å². The maximum absolute atomic E-state index is 11.9. The number of benzene rings is 1. The molecule has 0 aliphatic carbocycles. The summed E-state index contributed by atoms with van der Waals surface area (Å²) in [7, 11) is -3.33. The van der Waals surface area contributed by atoms with Gasteiger partial charge in [0.05, 0.1) is 6.26 Å². The Balaban J connectivity index is 2.78. The van der Waals surface area contributed by atoms with E-state index in [-0.39, 0.29) is 18.5 Å². The molecule has 1 amide bonds. The molecule has 0 aromatic heterocycles. The van der Waals surface area contributed by atoms with Gasteiger partial charge >= 0.3 is 0 Å². The first-order chi connectivity index (χ1) is 9.36. The monoisotopic (exact) mass is 298 g/mol. The minimum absolute atomic E-state index is 0.0779. The van der Waals surface area contributed by atoms with E-state index in [1.165, 1.54) is 10.6 Å². The number of hydrogen-bond donors (Lipinski definition) is 1. The topological polar surface area (TPSA) is 66.5 Å². The van der Waals surface area contributed by atoms with Crippen molar-refractivity contribution in [1.29, 1.82) is 0 Å². The van der Waals surface area contributed by atoms with Gasteiger partial charge in [0.2, 0.25) is 15.9 Å². The van der Waals surface area contributed by atoms with Crippen molar-refractivity contribution < 1.29 is 13.2 Å². The maximum atomic E-state index is 11.9. The van der Waals surface area contributed by atoms with Gasteiger partial charge in [-0.2, -0.15) is 4.31 Å². The summed E-state index contributed by atoms with van der Waals surface area (Å²) in [6.45, 7) is 4.19. The molecule has 6 heteroatoms. The number of amides is 1. The molecule has 20 heavy (non-hydrogen) atoms. The lowest BCUT2D eigenvalue weighted by molar-refractivity contribution is -0.120. The van der Waals surface area contributed by atoms with E-state index in [2.05, 4.69) is 5.32 Å². The van der Waals surface area contributed by atoms with Crippen molar-refractivity contribution in [2.24, 2.45) is 0 Å².